The highest BCUT2D eigenvalue weighted by molar-refractivity contribution is 5.93. The molecule has 0 aliphatic carbocycles. The molecular formula is C15H16F3N3O3. The van der Waals surface area contributed by atoms with Gasteiger partial charge in [-0.15, -0.1) is 0 Å². The Balaban J connectivity index is 2.02. The molecule has 9 heteroatoms. The molecule has 2 rings (SSSR count). The van der Waals surface area contributed by atoms with E-state index >= 15 is 0 Å². The van der Waals surface area contributed by atoms with Gasteiger partial charge in [0.1, 0.15) is 12.1 Å². The van der Waals surface area contributed by atoms with Crippen LogP contribution in [-0.2, 0) is 27.0 Å². The van der Waals surface area contributed by atoms with Crippen LogP contribution in [0.5, 0.6) is 0 Å². The van der Waals surface area contributed by atoms with Crippen molar-refractivity contribution in [2.45, 2.75) is 37.5 Å². The Bertz CT molecular complexity index is 644. The minimum Gasteiger partial charge on any atom is -0.368 e. The van der Waals surface area contributed by atoms with Crippen LogP contribution in [0.25, 0.3) is 0 Å². The van der Waals surface area contributed by atoms with Crippen LogP contribution in [0.2, 0.25) is 0 Å². The highest BCUT2D eigenvalue weighted by atomic mass is 19.4. The van der Waals surface area contributed by atoms with Crippen LogP contribution in [-0.4, -0.2) is 29.8 Å². The van der Waals surface area contributed by atoms with Crippen LogP contribution in [0, 0.1) is 0 Å². The number of hydrogen-bond donors (Lipinski definition) is 3. The van der Waals surface area contributed by atoms with Crippen LogP contribution >= 0.6 is 0 Å². The maximum atomic E-state index is 12.5. The number of primary amides is 1. The van der Waals surface area contributed by atoms with Crippen molar-refractivity contribution in [1.82, 2.24) is 10.6 Å². The van der Waals surface area contributed by atoms with E-state index in [1.54, 1.807) is 0 Å². The van der Waals surface area contributed by atoms with Gasteiger partial charge >= 0.3 is 6.18 Å². The van der Waals surface area contributed by atoms with Gasteiger partial charge in [0.2, 0.25) is 17.7 Å². The molecule has 1 aliphatic rings. The Morgan fingerprint density at radius 1 is 1.29 bits per heavy atom. The minimum absolute atomic E-state index is 0.0418. The van der Waals surface area contributed by atoms with E-state index in [9.17, 15) is 27.6 Å². The van der Waals surface area contributed by atoms with E-state index in [4.69, 9.17) is 5.73 Å². The number of hydrogen-bond acceptors (Lipinski definition) is 3. The number of nitrogens with one attached hydrogen (secondary N) is 2. The Hall–Kier alpha value is -2.58. The van der Waals surface area contributed by atoms with E-state index in [0.29, 0.717) is 12.0 Å². The van der Waals surface area contributed by atoms with Crippen molar-refractivity contribution in [1.29, 1.82) is 0 Å². The Morgan fingerprint density at radius 2 is 1.92 bits per heavy atom. The molecule has 0 bridgehead atoms. The molecule has 6 nitrogen and oxygen atoms in total. The summed E-state index contributed by atoms with van der Waals surface area (Å²) in [5.41, 5.74) is 4.85. The number of rotatable bonds is 5. The summed E-state index contributed by atoms with van der Waals surface area (Å²) in [7, 11) is 0. The first kappa shape index (κ1) is 17.8. The Labute approximate surface area is 135 Å². The highest BCUT2D eigenvalue weighted by Crippen LogP contribution is 2.29. The molecule has 2 atom stereocenters. The van der Waals surface area contributed by atoms with Gasteiger partial charge in [0.05, 0.1) is 5.56 Å². The second-order valence-electron chi connectivity index (χ2n) is 5.52. The first-order valence-electron chi connectivity index (χ1n) is 7.22. The summed E-state index contributed by atoms with van der Waals surface area (Å²) in [5, 5.41) is 4.88. The van der Waals surface area contributed by atoms with Crippen molar-refractivity contribution < 1.29 is 27.6 Å². The summed E-state index contributed by atoms with van der Waals surface area (Å²) in [4.78, 5) is 34.6. The lowest BCUT2D eigenvalue weighted by molar-refractivity contribution is -0.137. The molecule has 3 amide bonds. The number of nitrogens with two attached hydrogens (primary N) is 1. The molecule has 0 aromatic heterocycles. The smallest absolute Gasteiger partial charge is 0.368 e. The molecule has 0 unspecified atom stereocenters. The lowest BCUT2D eigenvalue weighted by Gasteiger charge is -2.18. The molecule has 4 N–H and O–H groups in total. The average molecular weight is 343 g/mol. The molecule has 0 saturated carbocycles. The van der Waals surface area contributed by atoms with Gasteiger partial charge in [-0.2, -0.15) is 13.2 Å². The second kappa shape index (κ2) is 6.90. The van der Waals surface area contributed by atoms with Crippen molar-refractivity contribution in [2.75, 3.05) is 0 Å². The maximum absolute atomic E-state index is 12.5. The SMILES string of the molecule is NC(=O)[C@H](Cc1ccc(C(F)(F)F)cc1)NC(=O)[C@H]1CCC(=O)N1. The fourth-order valence-electron chi connectivity index (χ4n) is 2.37. The fourth-order valence-corrected chi connectivity index (χ4v) is 2.37. The van der Waals surface area contributed by atoms with Crippen molar-refractivity contribution in [3.05, 3.63) is 35.4 Å². The number of halogens is 3. The van der Waals surface area contributed by atoms with Crippen LogP contribution in [0.4, 0.5) is 13.2 Å². The molecular weight excluding hydrogens is 327 g/mol. The van der Waals surface area contributed by atoms with Gasteiger partial charge in [-0.1, -0.05) is 12.1 Å². The molecule has 0 radical (unpaired) electrons. The van der Waals surface area contributed by atoms with E-state index < -0.39 is 35.6 Å². The zero-order chi connectivity index (χ0) is 17.9. The number of carbonyl (C=O) groups is 3. The molecule has 24 heavy (non-hydrogen) atoms. The van der Waals surface area contributed by atoms with E-state index in [1.165, 1.54) is 12.1 Å². The van der Waals surface area contributed by atoms with Gasteiger partial charge in [-0.05, 0) is 24.1 Å². The van der Waals surface area contributed by atoms with Crippen molar-refractivity contribution in [3.63, 3.8) is 0 Å². The average Bonchev–Trinajstić information content (AvgIpc) is 2.92. The quantitative estimate of drug-likeness (QED) is 0.725. The Morgan fingerprint density at radius 3 is 2.38 bits per heavy atom. The lowest BCUT2D eigenvalue weighted by atomic mass is 10.0. The minimum atomic E-state index is -4.45. The largest absolute Gasteiger partial charge is 0.416 e. The third-order valence-electron chi connectivity index (χ3n) is 3.69. The zero-order valence-electron chi connectivity index (χ0n) is 12.5. The van der Waals surface area contributed by atoms with Crippen LogP contribution in [0.3, 0.4) is 0 Å². The van der Waals surface area contributed by atoms with Crippen molar-refractivity contribution in [2.24, 2.45) is 5.73 Å². The fraction of sp³-hybridized carbons (Fsp3) is 0.400. The van der Waals surface area contributed by atoms with Gasteiger partial charge in [0.15, 0.2) is 0 Å². The van der Waals surface area contributed by atoms with Crippen LogP contribution < -0.4 is 16.4 Å². The predicted molar refractivity (Wildman–Crippen MR) is 77.4 cm³/mol. The number of alkyl halides is 3. The van der Waals surface area contributed by atoms with E-state index in [1.807, 2.05) is 0 Å². The molecule has 1 aliphatic heterocycles. The topological polar surface area (TPSA) is 101 Å². The molecule has 1 aromatic carbocycles. The highest BCUT2D eigenvalue weighted by Gasteiger charge is 2.31. The van der Waals surface area contributed by atoms with Gasteiger partial charge in [-0.25, -0.2) is 0 Å². The van der Waals surface area contributed by atoms with Gasteiger partial charge < -0.3 is 16.4 Å². The summed E-state index contributed by atoms with van der Waals surface area (Å²) >= 11 is 0. The van der Waals surface area contributed by atoms with Gasteiger partial charge in [0, 0.05) is 12.8 Å². The number of carbonyl (C=O) groups excluding carboxylic acids is 3. The van der Waals surface area contributed by atoms with Crippen molar-refractivity contribution >= 4 is 17.7 Å². The van der Waals surface area contributed by atoms with Crippen LogP contribution in [0.1, 0.15) is 24.0 Å². The zero-order valence-corrected chi connectivity index (χ0v) is 12.5. The second-order valence-corrected chi connectivity index (χ2v) is 5.52. The summed E-state index contributed by atoms with van der Waals surface area (Å²) in [6.07, 6.45) is -3.95. The summed E-state index contributed by atoms with van der Waals surface area (Å²) in [5.74, 6) is -1.61. The molecule has 1 fully saturated rings. The molecule has 130 valence electrons. The summed E-state index contributed by atoms with van der Waals surface area (Å²) in [6.45, 7) is 0. The molecule has 0 spiro atoms. The summed E-state index contributed by atoms with van der Waals surface area (Å²) < 4.78 is 37.6. The van der Waals surface area contributed by atoms with E-state index in [-0.39, 0.29) is 18.7 Å². The lowest BCUT2D eigenvalue weighted by Crippen LogP contribution is -2.51. The number of amides is 3. The van der Waals surface area contributed by atoms with Crippen LogP contribution in [0.15, 0.2) is 24.3 Å². The normalized spacial score (nSPS) is 18.8. The molecule has 1 heterocycles. The third kappa shape index (κ3) is 4.46. The van der Waals surface area contributed by atoms with Crippen molar-refractivity contribution in [3.8, 4) is 0 Å². The standard InChI is InChI=1S/C15H16F3N3O3/c16-15(17,18)9-3-1-8(2-4-9)7-11(13(19)23)21-14(24)10-5-6-12(22)20-10/h1-4,10-11H,5-7H2,(H2,19,23)(H,20,22)(H,21,24)/t10-,11+/m1/s1. The van der Waals surface area contributed by atoms with E-state index in [2.05, 4.69) is 10.6 Å². The van der Waals surface area contributed by atoms with Gasteiger partial charge in [-0.3, -0.25) is 14.4 Å². The van der Waals surface area contributed by atoms with Gasteiger partial charge in [0.25, 0.3) is 0 Å². The number of benzene rings is 1. The molecule has 1 aromatic rings. The van der Waals surface area contributed by atoms with E-state index in [0.717, 1.165) is 12.1 Å². The summed E-state index contributed by atoms with van der Waals surface area (Å²) in [6, 6.07) is 2.43. The predicted octanol–water partition coefficient (Wildman–Crippen LogP) is 0.497. The molecule has 1 saturated heterocycles. The maximum Gasteiger partial charge on any atom is 0.416 e. The first-order chi connectivity index (χ1) is 11.2. The monoisotopic (exact) mass is 343 g/mol. The first-order valence-corrected chi connectivity index (χ1v) is 7.22. The Kier molecular flexibility index (Phi) is 5.10. The third-order valence-corrected chi connectivity index (χ3v) is 3.69.